The van der Waals surface area contributed by atoms with Gasteiger partial charge in [0.25, 0.3) is 5.69 Å². The SMILES string of the molecule is C#CCN(CC#N)S(=O)(=O)c1cccc([N+](=O)[O-])c1. The van der Waals surface area contributed by atoms with Crippen LogP contribution in [0.15, 0.2) is 29.2 Å². The summed E-state index contributed by atoms with van der Waals surface area (Å²) in [4.78, 5) is 9.64. The van der Waals surface area contributed by atoms with E-state index in [4.69, 9.17) is 11.7 Å². The van der Waals surface area contributed by atoms with Gasteiger partial charge in [-0.3, -0.25) is 10.1 Å². The normalized spacial score (nSPS) is 10.7. The number of rotatable bonds is 5. The number of benzene rings is 1. The largest absolute Gasteiger partial charge is 0.270 e. The van der Waals surface area contributed by atoms with E-state index in [2.05, 4.69) is 5.92 Å². The van der Waals surface area contributed by atoms with Crippen LogP contribution in [0, 0.1) is 33.8 Å². The van der Waals surface area contributed by atoms with Crippen molar-refractivity contribution < 1.29 is 13.3 Å². The maximum atomic E-state index is 12.1. The molecule has 0 unspecified atom stereocenters. The highest BCUT2D eigenvalue weighted by Gasteiger charge is 2.25. The summed E-state index contributed by atoms with van der Waals surface area (Å²) in [6.07, 6.45) is 5.04. The van der Waals surface area contributed by atoms with Gasteiger partial charge in [-0.1, -0.05) is 12.0 Å². The van der Waals surface area contributed by atoms with Crippen LogP contribution in [0.2, 0.25) is 0 Å². The van der Waals surface area contributed by atoms with E-state index < -0.39 is 21.5 Å². The van der Waals surface area contributed by atoms with Crippen LogP contribution < -0.4 is 0 Å². The molecule has 1 aromatic carbocycles. The molecule has 19 heavy (non-hydrogen) atoms. The minimum Gasteiger partial charge on any atom is -0.258 e. The highest BCUT2D eigenvalue weighted by molar-refractivity contribution is 7.89. The van der Waals surface area contributed by atoms with Crippen molar-refractivity contribution in [2.45, 2.75) is 4.90 Å². The van der Waals surface area contributed by atoms with Crippen LogP contribution in [0.1, 0.15) is 0 Å². The molecule has 0 aliphatic carbocycles. The average molecular weight is 279 g/mol. The van der Waals surface area contributed by atoms with Gasteiger partial charge in [0.05, 0.1) is 22.4 Å². The van der Waals surface area contributed by atoms with Gasteiger partial charge in [0.15, 0.2) is 0 Å². The summed E-state index contributed by atoms with van der Waals surface area (Å²) in [6, 6.07) is 6.25. The molecule has 0 fully saturated rings. The van der Waals surface area contributed by atoms with Crippen LogP contribution in [0.25, 0.3) is 0 Å². The van der Waals surface area contributed by atoms with Gasteiger partial charge in [0.2, 0.25) is 10.0 Å². The van der Waals surface area contributed by atoms with E-state index in [0.29, 0.717) is 0 Å². The zero-order valence-corrected chi connectivity index (χ0v) is 10.5. The first kappa shape index (κ1) is 14.6. The minimum atomic E-state index is -4.02. The van der Waals surface area contributed by atoms with Crippen molar-refractivity contribution in [2.24, 2.45) is 0 Å². The summed E-state index contributed by atoms with van der Waals surface area (Å²) in [7, 11) is -4.02. The van der Waals surface area contributed by atoms with Crippen molar-refractivity contribution in [3.63, 3.8) is 0 Å². The van der Waals surface area contributed by atoms with Crippen LogP contribution >= 0.6 is 0 Å². The second kappa shape index (κ2) is 5.96. The molecule has 1 rings (SSSR count). The van der Waals surface area contributed by atoms with E-state index in [1.807, 2.05) is 0 Å². The third kappa shape index (κ3) is 3.28. The Morgan fingerprint density at radius 3 is 2.63 bits per heavy atom. The fourth-order valence-corrected chi connectivity index (χ4v) is 2.60. The number of hydrogen-bond acceptors (Lipinski definition) is 5. The first-order valence-electron chi connectivity index (χ1n) is 4.98. The molecule has 0 aromatic heterocycles. The molecule has 0 N–H and O–H groups in total. The summed E-state index contributed by atoms with van der Waals surface area (Å²) >= 11 is 0. The second-order valence-corrected chi connectivity index (χ2v) is 5.33. The molecule has 7 nitrogen and oxygen atoms in total. The third-order valence-corrected chi connectivity index (χ3v) is 3.97. The Bertz CT molecular complexity index is 654. The van der Waals surface area contributed by atoms with Gasteiger partial charge in [-0.2, -0.15) is 9.57 Å². The van der Waals surface area contributed by atoms with Gasteiger partial charge in [-0.05, 0) is 6.07 Å². The van der Waals surface area contributed by atoms with Crippen molar-refractivity contribution in [3.8, 4) is 18.4 Å². The van der Waals surface area contributed by atoms with Crippen LogP contribution in [-0.4, -0.2) is 30.7 Å². The lowest BCUT2D eigenvalue weighted by atomic mass is 10.3. The quantitative estimate of drug-likeness (QED) is 0.342. The van der Waals surface area contributed by atoms with E-state index in [1.54, 1.807) is 6.07 Å². The predicted octanol–water partition coefficient (Wildman–Crippen LogP) is 0.742. The van der Waals surface area contributed by atoms with Crippen molar-refractivity contribution in [1.29, 1.82) is 5.26 Å². The van der Waals surface area contributed by atoms with Crippen molar-refractivity contribution in [3.05, 3.63) is 34.4 Å². The second-order valence-electron chi connectivity index (χ2n) is 3.39. The number of non-ortho nitro benzene ring substituents is 1. The van der Waals surface area contributed by atoms with Gasteiger partial charge >= 0.3 is 0 Å². The van der Waals surface area contributed by atoms with E-state index in [1.165, 1.54) is 18.2 Å². The lowest BCUT2D eigenvalue weighted by molar-refractivity contribution is -0.385. The molecule has 0 spiro atoms. The molecule has 0 aliphatic rings. The monoisotopic (exact) mass is 279 g/mol. The van der Waals surface area contributed by atoms with Crippen LogP contribution in [0.4, 0.5) is 5.69 Å². The van der Waals surface area contributed by atoms with Crippen molar-refractivity contribution in [2.75, 3.05) is 13.1 Å². The molecule has 0 aliphatic heterocycles. The Hall–Kier alpha value is -2.42. The number of terminal acetylenes is 1. The van der Waals surface area contributed by atoms with Gasteiger partial charge in [-0.25, -0.2) is 8.42 Å². The number of nitro benzene ring substituents is 1. The van der Waals surface area contributed by atoms with E-state index in [-0.39, 0.29) is 17.1 Å². The number of hydrogen-bond donors (Lipinski definition) is 0. The molecule has 0 saturated heterocycles. The molecule has 0 heterocycles. The summed E-state index contributed by atoms with van der Waals surface area (Å²) in [5.74, 6) is 2.13. The van der Waals surface area contributed by atoms with Gasteiger partial charge < -0.3 is 0 Å². The molecule has 0 amide bonds. The summed E-state index contributed by atoms with van der Waals surface area (Å²) in [6.45, 7) is -0.701. The lowest BCUT2D eigenvalue weighted by Crippen LogP contribution is -2.31. The summed E-state index contributed by atoms with van der Waals surface area (Å²) in [5.41, 5.74) is -0.348. The molecule has 0 radical (unpaired) electrons. The van der Waals surface area contributed by atoms with Gasteiger partial charge in [-0.15, -0.1) is 6.42 Å². The Balaban J connectivity index is 3.26. The fraction of sp³-hybridized carbons (Fsp3) is 0.182. The summed E-state index contributed by atoms with van der Waals surface area (Å²) < 4.78 is 25.1. The Morgan fingerprint density at radius 1 is 1.42 bits per heavy atom. The first-order valence-corrected chi connectivity index (χ1v) is 6.42. The molecule has 0 atom stereocenters. The highest BCUT2D eigenvalue weighted by atomic mass is 32.2. The van der Waals surface area contributed by atoms with Gasteiger partial charge in [0, 0.05) is 12.1 Å². The minimum absolute atomic E-state index is 0.271. The van der Waals surface area contributed by atoms with Crippen LogP contribution in [-0.2, 0) is 10.0 Å². The standard InChI is InChI=1S/C11H9N3O4S/c1-2-7-13(8-6-12)19(17,18)11-5-3-4-10(9-11)14(15)16/h1,3-5,9H,7-8H2. The maximum absolute atomic E-state index is 12.1. The smallest absolute Gasteiger partial charge is 0.258 e. The highest BCUT2D eigenvalue weighted by Crippen LogP contribution is 2.20. The number of nitro groups is 1. The Labute approximate surface area is 110 Å². The zero-order valence-electron chi connectivity index (χ0n) is 9.68. The predicted molar refractivity (Wildman–Crippen MR) is 66.3 cm³/mol. The number of sulfonamides is 1. The lowest BCUT2D eigenvalue weighted by Gasteiger charge is -2.16. The van der Waals surface area contributed by atoms with Crippen LogP contribution in [0.5, 0.6) is 0 Å². The Kier molecular flexibility index (Phi) is 4.59. The molecule has 0 bridgehead atoms. The molecule has 8 heteroatoms. The molecular formula is C11H9N3O4S. The van der Waals surface area contributed by atoms with E-state index >= 15 is 0 Å². The summed E-state index contributed by atoms with van der Waals surface area (Å²) in [5, 5.41) is 19.2. The topological polar surface area (TPSA) is 104 Å². The fourth-order valence-electron chi connectivity index (χ4n) is 1.31. The van der Waals surface area contributed by atoms with E-state index in [0.717, 1.165) is 10.4 Å². The van der Waals surface area contributed by atoms with E-state index in [9.17, 15) is 18.5 Å². The Morgan fingerprint density at radius 2 is 2.11 bits per heavy atom. The molecule has 0 saturated carbocycles. The molecular weight excluding hydrogens is 270 g/mol. The third-order valence-electron chi connectivity index (χ3n) is 2.18. The van der Waals surface area contributed by atoms with Gasteiger partial charge in [0.1, 0.15) is 6.54 Å². The molecule has 98 valence electrons. The number of nitriles is 1. The van der Waals surface area contributed by atoms with Crippen molar-refractivity contribution >= 4 is 15.7 Å². The maximum Gasteiger partial charge on any atom is 0.270 e. The average Bonchev–Trinajstić information content (AvgIpc) is 2.38. The van der Waals surface area contributed by atoms with Crippen LogP contribution in [0.3, 0.4) is 0 Å². The zero-order chi connectivity index (χ0) is 14.5. The first-order chi connectivity index (χ1) is 8.93. The number of nitrogens with zero attached hydrogens (tertiary/aromatic N) is 3. The van der Waals surface area contributed by atoms with Crippen molar-refractivity contribution in [1.82, 2.24) is 4.31 Å². The molecule has 1 aromatic rings.